The molecule has 20 heavy (non-hydrogen) atoms. The number of ether oxygens (including phenoxy) is 2. The molecule has 7 nitrogen and oxygen atoms in total. The number of nitrogens with zero attached hydrogens (tertiary/aromatic N) is 3. The van der Waals surface area contributed by atoms with Crippen LogP contribution in [-0.4, -0.2) is 32.9 Å². The standard InChI is InChI=1S/C13H18N4O3/c1-5-19-12(18)15-11-14-9-7-6-8-10(17(9)16-11)20-13(2,3)4/h6-8H,5H2,1-4H3,(H,15,16,18). The molecule has 2 aromatic rings. The number of carbonyl (C=O) groups is 1. The Kier molecular flexibility index (Phi) is 3.78. The smallest absolute Gasteiger partial charge is 0.414 e. The molecule has 1 N–H and O–H groups in total. The molecule has 0 spiro atoms. The first kappa shape index (κ1) is 14.1. The summed E-state index contributed by atoms with van der Waals surface area (Å²) in [6.07, 6.45) is -0.582. The molecule has 0 saturated carbocycles. The first-order valence-electron chi connectivity index (χ1n) is 6.37. The maximum absolute atomic E-state index is 11.3. The van der Waals surface area contributed by atoms with Gasteiger partial charge in [-0.1, -0.05) is 6.07 Å². The summed E-state index contributed by atoms with van der Waals surface area (Å²) in [5, 5.41) is 6.65. The molecule has 2 aromatic heterocycles. The third kappa shape index (κ3) is 3.37. The summed E-state index contributed by atoms with van der Waals surface area (Å²) >= 11 is 0. The van der Waals surface area contributed by atoms with E-state index in [0.29, 0.717) is 11.5 Å². The normalized spacial score (nSPS) is 11.4. The van der Waals surface area contributed by atoms with Crippen molar-refractivity contribution in [1.82, 2.24) is 14.6 Å². The zero-order valence-corrected chi connectivity index (χ0v) is 12.0. The van der Waals surface area contributed by atoms with E-state index in [4.69, 9.17) is 9.47 Å². The van der Waals surface area contributed by atoms with Crippen LogP contribution in [-0.2, 0) is 4.74 Å². The fourth-order valence-corrected chi connectivity index (χ4v) is 1.58. The highest BCUT2D eigenvalue weighted by Gasteiger charge is 2.16. The topological polar surface area (TPSA) is 77.8 Å². The van der Waals surface area contributed by atoms with Crippen LogP contribution in [0.3, 0.4) is 0 Å². The van der Waals surface area contributed by atoms with Crippen LogP contribution in [0.1, 0.15) is 27.7 Å². The Morgan fingerprint density at radius 1 is 1.40 bits per heavy atom. The Bertz CT molecular complexity index is 616. The SMILES string of the molecule is CCOC(=O)Nc1nc2cccc(OC(C)(C)C)n2n1. The van der Waals surface area contributed by atoms with Crippen molar-refractivity contribution in [2.24, 2.45) is 0 Å². The molecule has 0 aliphatic carbocycles. The van der Waals surface area contributed by atoms with Crippen LogP contribution in [0.4, 0.5) is 10.7 Å². The van der Waals surface area contributed by atoms with E-state index in [1.54, 1.807) is 19.1 Å². The number of amides is 1. The molecule has 0 aliphatic heterocycles. The van der Waals surface area contributed by atoms with Crippen LogP contribution in [0.2, 0.25) is 0 Å². The van der Waals surface area contributed by atoms with Crippen LogP contribution >= 0.6 is 0 Å². The van der Waals surface area contributed by atoms with Gasteiger partial charge in [-0.3, -0.25) is 5.32 Å². The zero-order valence-electron chi connectivity index (χ0n) is 12.0. The number of aromatic nitrogens is 3. The number of pyridine rings is 1. The number of anilines is 1. The molecule has 0 aliphatic rings. The Morgan fingerprint density at radius 3 is 2.80 bits per heavy atom. The predicted octanol–water partition coefficient (Wildman–Crippen LogP) is 2.48. The average molecular weight is 278 g/mol. The Morgan fingerprint density at radius 2 is 2.15 bits per heavy atom. The molecule has 0 radical (unpaired) electrons. The van der Waals surface area contributed by atoms with Gasteiger partial charge in [0.15, 0.2) is 5.65 Å². The van der Waals surface area contributed by atoms with Crippen molar-refractivity contribution in [3.05, 3.63) is 18.2 Å². The monoisotopic (exact) mass is 278 g/mol. The fourth-order valence-electron chi connectivity index (χ4n) is 1.58. The zero-order chi connectivity index (χ0) is 14.8. The van der Waals surface area contributed by atoms with Crippen LogP contribution < -0.4 is 10.1 Å². The van der Waals surface area contributed by atoms with E-state index >= 15 is 0 Å². The average Bonchev–Trinajstić information content (AvgIpc) is 2.70. The lowest BCUT2D eigenvalue weighted by atomic mass is 10.2. The molecule has 108 valence electrons. The summed E-state index contributed by atoms with van der Waals surface area (Å²) in [7, 11) is 0. The van der Waals surface area contributed by atoms with Crippen LogP contribution in [0.25, 0.3) is 5.65 Å². The molecule has 0 atom stereocenters. The van der Waals surface area contributed by atoms with Gasteiger partial charge in [0.1, 0.15) is 5.60 Å². The summed E-state index contributed by atoms with van der Waals surface area (Å²) in [4.78, 5) is 15.5. The van der Waals surface area contributed by atoms with Crippen molar-refractivity contribution in [3.8, 4) is 5.88 Å². The lowest BCUT2D eigenvalue weighted by molar-refractivity contribution is 0.120. The largest absolute Gasteiger partial charge is 0.472 e. The minimum Gasteiger partial charge on any atom is -0.472 e. The highest BCUT2D eigenvalue weighted by atomic mass is 16.5. The third-order valence-electron chi connectivity index (χ3n) is 2.23. The highest BCUT2D eigenvalue weighted by molar-refractivity contribution is 5.82. The quantitative estimate of drug-likeness (QED) is 0.933. The van der Waals surface area contributed by atoms with Gasteiger partial charge in [0.05, 0.1) is 6.61 Å². The Labute approximate surface area is 116 Å². The van der Waals surface area contributed by atoms with Gasteiger partial charge in [-0.15, -0.1) is 5.10 Å². The fraction of sp³-hybridized carbons (Fsp3) is 0.462. The maximum atomic E-state index is 11.3. The van der Waals surface area contributed by atoms with E-state index in [9.17, 15) is 4.79 Å². The number of carbonyl (C=O) groups excluding carboxylic acids is 1. The lowest BCUT2D eigenvalue weighted by Crippen LogP contribution is -2.24. The van der Waals surface area contributed by atoms with Crippen molar-refractivity contribution in [1.29, 1.82) is 0 Å². The maximum Gasteiger partial charge on any atom is 0.414 e. The van der Waals surface area contributed by atoms with E-state index < -0.39 is 6.09 Å². The summed E-state index contributed by atoms with van der Waals surface area (Å²) < 4.78 is 12.1. The number of rotatable bonds is 3. The molecule has 2 rings (SSSR count). The van der Waals surface area contributed by atoms with E-state index in [0.717, 1.165) is 0 Å². The Hall–Kier alpha value is -2.31. The molecule has 2 heterocycles. The predicted molar refractivity (Wildman–Crippen MR) is 74.0 cm³/mol. The van der Waals surface area contributed by atoms with Crippen molar-refractivity contribution in [2.45, 2.75) is 33.3 Å². The van der Waals surface area contributed by atoms with Crippen LogP contribution in [0.15, 0.2) is 18.2 Å². The lowest BCUT2D eigenvalue weighted by Gasteiger charge is -2.21. The van der Waals surface area contributed by atoms with Crippen molar-refractivity contribution in [2.75, 3.05) is 11.9 Å². The van der Waals surface area contributed by atoms with Gasteiger partial charge in [0.25, 0.3) is 5.95 Å². The summed E-state index contributed by atoms with van der Waals surface area (Å²) in [5.74, 6) is 0.729. The second-order valence-electron chi connectivity index (χ2n) is 5.13. The van der Waals surface area contributed by atoms with Gasteiger partial charge in [-0.25, -0.2) is 4.79 Å². The molecule has 7 heteroatoms. The van der Waals surface area contributed by atoms with Crippen LogP contribution in [0, 0.1) is 0 Å². The van der Waals surface area contributed by atoms with Crippen molar-refractivity contribution < 1.29 is 14.3 Å². The van der Waals surface area contributed by atoms with Crippen molar-refractivity contribution in [3.63, 3.8) is 0 Å². The molecular weight excluding hydrogens is 260 g/mol. The molecular formula is C13H18N4O3. The van der Waals surface area contributed by atoms with Gasteiger partial charge in [0.2, 0.25) is 5.88 Å². The third-order valence-corrected chi connectivity index (χ3v) is 2.23. The summed E-state index contributed by atoms with van der Waals surface area (Å²) in [6.45, 7) is 7.85. The molecule has 0 fully saturated rings. The molecule has 0 saturated heterocycles. The minimum absolute atomic E-state index is 0.174. The number of hydrogen-bond donors (Lipinski definition) is 1. The van der Waals surface area contributed by atoms with E-state index in [1.807, 2.05) is 26.8 Å². The molecule has 0 unspecified atom stereocenters. The molecule has 0 bridgehead atoms. The van der Waals surface area contributed by atoms with Gasteiger partial charge in [-0.05, 0) is 33.8 Å². The first-order valence-corrected chi connectivity index (χ1v) is 6.37. The van der Waals surface area contributed by atoms with Gasteiger partial charge in [-0.2, -0.15) is 9.50 Å². The van der Waals surface area contributed by atoms with Gasteiger partial charge >= 0.3 is 6.09 Å². The molecule has 0 aromatic carbocycles. The second-order valence-corrected chi connectivity index (χ2v) is 5.13. The number of nitrogens with one attached hydrogen (secondary N) is 1. The minimum atomic E-state index is -0.582. The summed E-state index contributed by atoms with van der Waals surface area (Å²) in [5.41, 5.74) is 0.230. The Balaban J connectivity index is 2.29. The van der Waals surface area contributed by atoms with E-state index in [-0.39, 0.29) is 18.2 Å². The first-order chi connectivity index (χ1) is 9.39. The molecule has 1 amide bonds. The number of hydrogen-bond acceptors (Lipinski definition) is 5. The number of fused-ring (bicyclic) bond motifs is 1. The van der Waals surface area contributed by atoms with E-state index in [1.165, 1.54) is 4.52 Å². The highest BCUT2D eigenvalue weighted by Crippen LogP contribution is 2.19. The van der Waals surface area contributed by atoms with Gasteiger partial charge in [0, 0.05) is 6.07 Å². The van der Waals surface area contributed by atoms with E-state index in [2.05, 4.69) is 15.4 Å². The second kappa shape index (κ2) is 5.36. The van der Waals surface area contributed by atoms with Crippen molar-refractivity contribution >= 4 is 17.7 Å². The van der Waals surface area contributed by atoms with Gasteiger partial charge < -0.3 is 9.47 Å². The van der Waals surface area contributed by atoms with Crippen LogP contribution in [0.5, 0.6) is 5.88 Å². The summed E-state index contributed by atoms with van der Waals surface area (Å²) in [6, 6.07) is 5.39.